The highest BCUT2D eigenvalue weighted by Gasteiger charge is 2.21. The Hall–Kier alpha value is -1.39. The van der Waals surface area contributed by atoms with Crippen molar-refractivity contribution < 1.29 is 9.84 Å². The van der Waals surface area contributed by atoms with Crippen molar-refractivity contribution in [1.82, 2.24) is 9.55 Å². The van der Waals surface area contributed by atoms with E-state index in [-0.39, 0.29) is 12.2 Å². The first-order valence-corrected chi connectivity index (χ1v) is 8.01. The van der Waals surface area contributed by atoms with Crippen LogP contribution in [0.25, 0.3) is 11.0 Å². The smallest absolute Gasteiger partial charge is 0.112 e. The van der Waals surface area contributed by atoms with Gasteiger partial charge in [0.15, 0.2) is 0 Å². The van der Waals surface area contributed by atoms with E-state index >= 15 is 0 Å². The van der Waals surface area contributed by atoms with E-state index in [1.807, 2.05) is 18.2 Å². The van der Waals surface area contributed by atoms with Gasteiger partial charge in [-0.2, -0.15) is 0 Å². The predicted octanol–water partition coefficient (Wildman–Crippen LogP) is 2.92. The Morgan fingerprint density at radius 1 is 1.43 bits per heavy atom. The van der Waals surface area contributed by atoms with Crippen LogP contribution in [-0.2, 0) is 17.7 Å². The van der Waals surface area contributed by atoms with Crippen LogP contribution in [0, 0.1) is 0 Å². The summed E-state index contributed by atoms with van der Waals surface area (Å²) in [7, 11) is 0. The van der Waals surface area contributed by atoms with Gasteiger partial charge in [-0.05, 0) is 37.8 Å². The lowest BCUT2D eigenvalue weighted by molar-refractivity contribution is 0.0531. The molecule has 0 saturated carbocycles. The Morgan fingerprint density at radius 3 is 3.05 bits per heavy atom. The molecule has 0 amide bonds. The summed E-state index contributed by atoms with van der Waals surface area (Å²) in [5, 5.41) is 10.3. The zero-order chi connectivity index (χ0) is 14.7. The van der Waals surface area contributed by atoms with E-state index in [2.05, 4.69) is 17.6 Å². The first kappa shape index (κ1) is 14.5. The average Bonchev–Trinajstić information content (AvgIpc) is 3.08. The summed E-state index contributed by atoms with van der Waals surface area (Å²) in [5.41, 5.74) is 2.18. The molecule has 3 rings (SSSR count). The van der Waals surface area contributed by atoms with Crippen molar-refractivity contribution in [2.75, 3.05) is 6.61 Å². The molecule has 1 saturated heterocycles. The molecule has 114 valence electrons. The monoisotopic (exact) mass is 288 g/mol. The molecule has 2 atom stereocenters. The van der Waals surface area contributed by atoms with Crippen molar-refractivity contribution in [2.24, 2.45) is 0 Å². The first-order chi connectivity index (χ1) is 10.3. The number of aryl methyl sites for hydroxylation is 1. The van der Waals surface area contributed by atoms with Gasteiger partial charge in [-0.15, -0.1) is 0 Å². The standard InChI is InChI=1S/C17H24N2O2/c1-2-9-19-16-8-4-3-7-15(16)18-17(19)12-13(20)11-14-6-5-10-21-14/h3-4,7-8,13-14,20H,2,5-6,9-12H2,1H3. The van der Waals surface area contributed by atoms with E-state index < -0.39 is 0 Å². The number of aliphatic hydroxyl groups excluding tert-OH is 1. The second kappa shape index (κ2) is 6.58. The van der Waals surface area contributed by atoms with Gasteiger partial charge in [0.25, 0.3) is 0 Å². The largest absolute Gasteiger partial charge is 0.393 e. The minimum Gasteiger partial charge on any atom is -0.393 e. The SMILES string of the molecule is CCCn1c(CC(O)CC2CCCO2)nc2ccccc21. The van der Waals surface area contributed by atoms with Gasteiger partial charge in [0, 0.05) is 19.6 Å². The third-order valence-electron chi connectivity index (χ3n) is 4.16. The van der Waals surface area contributed by atoms with Crippen molar-refractivity contribution in [3.05, 3.63) is 30.1 Å². The van der Waals surface area contributed by atoms with Crippen LogP contribution in [0.2, 0.25) is 0 Å². The third-order valence-corrected chi connectivity index (χ3v) is 4.16. The van der Waals surface area contributed by atoms with Gasteiger partial charge in [-0.25, -0.2) is 4.98 Å². The molecule has 1 fully saturated rings. The molecule has 2 heterocycles. The highest BCUT2D eigenvalue weighted by molar-refractivity contribution is 5.75. The molecule has 0 spiro atoms. The van der Waals surface area contributed by atoms with E-state index in [0.29, 0.717) is 6.42 Å². The Kier molecular flexibility index (Phi) is 4.56. The maximum Gasteiger partial charge on any atom is 0.112 e. The summed E-state index contributed by atoms with van der Waals surface area (Å²) < 4.78 is 7.85. The molecule has 1 aliphatic rings. The molecule has 1 N–H and O–H groups in total. The Morgan fingerprint density at radius 2 is 2.29 bits per heavy atom. The second-order valence-electron chi connectivity index (χ2n) is 5.90. The molecule has 0 bridgehead atoms. The number of aromatic nitrogens is 2. The van der Waals surface area contributed by atoms with Crippen LogP contribution in [0.1, 0.15) is 38.4 Å². The summed E-state index contributed by atoms with van der Waals surface area (Å²) in [4.78, 5) is 4.71. The minimum atomic E-state index is -0.375. The number of aliphatic hydroxyl groups is 1. The van der Waals surface area contributed by atoms with Gasteiger partial charge >= 0.3 is 0 Å². The van der Waals surface area contributed by atoms with Crippen LogP contribution in [-0.4, -0.2) is 33.5 Å². The first-order valence-electron chi connectivity index (χ1n) is 8.01. The maximum absolute atomic E-state index is 10.3. The van der Waals surface area contributed by atoms with Gasteiger partial charge in [0.1, 0.15) is 5.82 Å². The number of nitrogens with zero attached hydrogens (tertiary/aromatic N) is 2. The van der Waals surface area contributed by atoms with Crippen LogP contribution >= 0.6 is 0 Å². The number of fused-ring (bicyclic) bond motifs is 1. The molecule has 4 heteroatoms. The molecular formula is C17H24N2O2. The van der Waals surface area contributed by atoms with E-state index in [4.69, 9.17) is 9.72 Å². The number of para-hydroxylation sites is 2. The Balaban J connectivity index is 1.76. The zero-order valence-electron chi connectivity index (χ0n) is 12.7. The number of hydrogen-bond acceptors (Lipinski definition) is 3. The molecular weight excluding hydrogens is 264 g/mol. The van der Waals surface area contributed by atoms with Crippen LogP contribution in [0.15, 0.2) is 24.3 Å². The summed E-state index contributed by atoms with van der Waals surface area (Å²) in [5.74, 6) is 0.989. The molecule has 0 radical (unpaired) electrons. The fourth-order valence-electron chi connectivity index (χ4n) is 3.18. The van der Waals surface area contributed by atoms with Gasteiger partial charge in [-0.1, -0.05) is 19.1 Å². The van der Waals surface area contributed by atoms with Crippen molar-refractivity contribution in [3.8, 4) is 0 Å². The summed E-state index contributed by atoms with van der Waals surface area (Å²) >= 11 is 0. The number of ether oxygens (including phenoxy) is 1. The minimum absolute atomic E-state index is 0.226. The molecule has 2 aromatic rings. The molecule has 2 unspecified atom stereocenters. The second-order valence-corrected chi connectivity index (χ2v) is 5.90. The van der Waals surface area contributed by atoms with Gasteiger partial charge in [0.05, 0.1) is 23.2 Å². The quantitative estimate of drug-likeness (QED) is 0.889. The Bertz CT molecular complexity index is 587. The van der Waals surface area contributed by atoms with E-state index in [0.717, 1.165) is 50.2 Å². The molecule has 1 aliphatic heterocycles. The van der Waals surface area contributed by atoms with Gasteiger partial charge < -0.3 is 14.4 Å². The molecule has 4 nitrogen and oxygen atoms in total. The summed E-state index contributed by atoms with van der Waals surface area (Å²) in [6, 6.07) is 8.20. The zero-order valence-corrected chi connectivity index (χ0v) is 12.7. The third kappa shape index (κ3) is 3.27. The molecule has 21 heavy (non-hydrogen) atoms. The van der Waals surface area contributed by atoms with E-state index in [1.54, 1.807) is 0 Å². The van der Waals surface area contributed by atoms with Crippen molar-refractivity contribution in [1.29, 1.82) is 0 Å². The highest BCUT2D eigenvalue weighted by atomic mass is 16.5. The van der Waals surface area contributed by atoms with Gasteiger partial charge in [-0.3, -0.25) is 0 Å². The fraction of sp³-hybridized carbons (Fsp3) is 0.588. The topological polar surface area (TPSA) is 47.3 Å². The molecule has 1 aromatic carbocycles. The lowest BCUT2D eigenvalue weighted by Crippen LogP contribution is -2.21. The van der Waals surface area contributed by atoms with Gasteiger partial charge in [0.2, 0.25) is 0 Å². The highest BCUT2D eigenvalue weighted by Crippen LogP contribution is 2.21. The fourth-order valence-corrected chi connectivity index (χ4v) is 3.18. The van der Waals surface area contributed by atoms with Crippen molar-refractivity contribution in [3.63, 3.8) is 0 Å². The van der Waals surface area contributed by atoms with E-state index in [1.165, 1.54) is 5.52 Å². The molecule has 0 aliphatic carbocycles. The average molecular weight is 288 g/mol. The van der Waals surface area contributed by atoms with E-state index in [9.17, 15) is 5.11 Å². The lowest BCUT2D eigenvalue weighted by Gasteiger charge is -2.16. The van der Waals surface area contributed by atoms with Crippen LogP contribution in [0.5, 0.6) is 0 Å². The number of rotatable bonds is 6. The van der Waals surface area contributed by atoms with Crippen LogP contribution < -0.4 is 0 Å². The summed E-state index contributed by atoms with van der Waals surface area (Å²) in [6.07, 6.45) is 4.43. The number of imidazole rings is 1. The predicted molar refractivity (Wildman–Crippen MR) is 83.3 cm³/mol. The number of hydrogen-bond donors (Lipinski definition) is 1. The maximum atomic E-state index is 10.3. The van der Waals surface area contributed by atoms with Crippen LogP contribution in [0.4, 0.5) is 0 Å². The number of benzene rings is 1. The van der Waals surface area contributed by atoms with Crippen molar-refractivity contribution in [2.45, 2.75) is 57.8 Å². The Labute approximate surface area is 125 Å². The normalized spacial score (nSPS) is 20.2. The molecule has 1 aromatic heterocycles. The van der Waals surface area contributed by atoms with Crippen molar-refractivity contribution >= 4 is 11.0 Å². The van der Waals surface area contributed by atoms with Crippen LogP contribution in [0.3, 0.4) is 0 Å². The summed E-state index contributed by atoms with van der Waals surface area (Å²) in [6.45, 7) is 3.95. The lowest BCUT2D eigenvalue weighted by atomic mass is 10.1.